The van der Waals surface area contributed by atoms with Crippen molar-refractivity contribution in [3.63, 3.8) is 0 Å². The van der Waals surface area contributed by atoms with Crippen LogP contribution in [0.1, 0.15) is 5.56 Å². The Kier molecular flexibility index (Phi) is 3.24. The molecule has 96 valence electrons. The largest absolute Gasteiger partial charge is 0.329 e. The molecular formula is C14H10BrFN2S. The molecule has 0 radical (unpaired) electrons. The molecule has 0 saturated heterocycles. The van der Waals surface area contributed by atoms with E-state index in [1.807, 2.05) is 25.1 Å². The molecule has 0 aliphatic carbocycles. The zero-order valence-corrected chi connectivity index (χ0v) is 12.5. The van der Waals surface area contributed by atoms with Crippen molar-refractivity contribution in [1.29, 1.82) is 0 Å². The second-order valence-corrected chi connectivity index (χ2v) is 6.19. The van der Waals surface area contributed by atoms with E-state index >= 15 is 0 Å². The summed E-state index contributed by atoms with van der Waals surface area (Å²) in [4.78, 5) is 4.45. The summed E-state index contributed by atoms with van der Waals surface area (Å²) in [7, 11) is 0. The summed E-state index contributed by atoms with van der Waals surface area (Å²) in [5.74, 6) is -0.272. The number of nitrogens with zero attached hydrogens (tertiary/aromatic N) is 1. The highest BCUT2D eigenvalue weighted by atomic mass is 79.9. The Morgan fingerprint density at radius 1 is 1.21 bits per heavy atom. The van der Waals surface area contributed by atoms with Gasteiger partial charge < -0.3 is 5.32 Å². The molecule has 0 amide bonds. The summed E-state index contributed by atoms with van der Waals surface area (Å²) in [6, 6.07) is 10.9. The second-order valence-electron chi connectivity index (χ2n) is 4.24. The highest BCUT2D eigenvalue weighted by molar-refractivity contribution is 9.10. The minimum Gasteiger partial charge on any atom is -0.329 e. The Bertz CT molecular complexity index is 754. The van der Waals surface area contributed by atoms with E-state index in [-0.39, 0.29) is 5.82 Å². The summed E-state index contributed by atoms with van der Waals surface area (Å²) in [6.45, 7) is 1.93. The molecule has 1 aromatic heterocycles. The van der Waals surface area contributed by atoms with Gasteiger partial charge in [-0.1, -0.05) is 33.3 Å². The van der Waals surface area contributed by atoms with Crippen LogP contribution in [-0.4, -0.2) is 4.98 Å². The highest BCUT2D eigenvalue weighted by Crippen LogP contribution is 2.30. The number of aryl methyl sites for hydroxylation is 1. The van der Waals surface area contributed by atoms with Crippen LogP contribution >= 0.6 is 27.3 Å². The van der Waals surface area contributed by atoms with E-state index in [0.29, 0.717) is 10.8 Å². The Morgan fingerprint density at radius 2 is 2.05 bits per heavy atom. The molecule has 19 heavy (non-hydrogen) atoms. The maximum atomic E-state index is 13.7. The Morgan fingerprint density at radius 3 is 2.89 bits per heavy atom. The van der Waals surface area contributed by atoms with Gasteiger partial charge in [0.05, 0.1) is 15.9 Å². The molecular weight excluding hydrogens is 327 g/mol. The summed E-state index contributed by atoms with van der Waals surface area (Å²) in [5, 5.41) is 3.73. The van der Waals surface area contributed by atoms with Crippen LogP contribution in [-0.2, 0) is 0 Å². The number of hydrogen-bond donors (Lipinski definition) is 1. The Hall–Kier alpha value is -1.46. The lowest BCUT2D eigenvalue weighted by Crippen LogP contribution is -1.93. The number of thiazole rings is 1. The van der Waals surface area contributed by atoms with Gasteiger partial charge in [-0.25, -0.2) is 9.37 Å². The highest BCUT2D eigenvalue weighted by Gasteiger charge is 2.07. The van der Waals surface area contributed by atoms with E-state index in [9.17, 15) is 4.39 Å². The van der Waals surface area contributed by atoms with Gasteiger partial charge in [0, 0.05) is 4.47 Å². The Balaban J connectivity index is 1.98. The van der Waals surface area contributed by atoms with Crippen LogP contribution in [0.25, 0.3) is 10.2 Å². The number of hydrogen-bond acceptors (Lipinski definition) is 3. The quantitative estimate of drug-likeness (QED) is 0.691. The second kappa shape index (κ2) is 4.90. The molecule has 3 rings (SSSR count). The van der Waals surface area contributed by atoms with Crippen LogP contribution in [0.2, 0.25) is 0 Å². The lowest BCUT2D eigenvalue weighted by atomic mass is 10.2. The maximum absolute atomic E-state index is 13.7. The van der Waals surface area contributed by atoms with E-state index in [1.165, 1.54) is 17.4 Å². The maximum Gasteiger partial charge on any atom is 0.188 e. The number of halogens is 2. The third kappa shape index (κ3) is 2.62. The molecule has 1 N–H and O–H groups in total. The molecule has 0 spiro atoms. The fraction of sp³-hybridized carbons (Fsp3) is 0.0714. The van der Waals surface area contributed by atoms with Crippen molar-refractivity contribution in [2.24, 2.45) is 0 Å². The number of rotatable bonds is 2. The topological polar surface area (TPSA) is 24.9 Å². The van der Waals surface area contributed by atoms with Gasteiger partial charge in [-0.15, -0.1) is 0 Å². The van der Waals surface area contributed by atoms with Gasteiger partial charge in [-0.3, -0.25) is 0 Å². The first-order valence-electron chi connectivity index (χ1n) is 5.71. The van der Waals surface area contributed by atoms with Gasteiger partial charge in [0.1, 0.15) is 5.82 Å². The van der Waals surface area contributed by atoms with Crippen LogP contribution in [0.15, 0.2) is 40.9 Å². The molecule has 0 aliphatic rings. The van der Waals surface area contributed by atoms with Crippen molar-refractivity contribution in [3.05, 3.63) is 52.3 Å². The van der Waals surface area contributed by atoms with Crippen molar-refractivity contribution >= 4 is 48.3 Å². The number of anilines is 2. The van der Waals surface area contributed by atoms with E-state index in [4.69, 9.17) is 0 Å². The molecule has 2 aromatic carbocycles. The molecule has 0 unspecified atom stereocenters. The Labute approximate surface area is 122 Å². The first kappa shape index (κ1) is 12.6. The van der Waals surface area contributed by atoms with Gasteiger partial charge in [0.2, 0.25) is 0 Å². The predicted molar refractivity (Wildman–Crippen MR) is 81.7 cm³/mol. The third-order valence-corrected chi connectivity index (χ3v) is 4.16. The van der Waals surface area contributed by atoms with Crippen LogP contribution in [0.5, 0.6) is 0 Å². The van der Waals surface area contributed by atoms with Gasteiger partial charge in [0.15, 0.2) is 5.13 Å². The zero-order chi connectivity index (χ0) is 13.4. The van der Waals surface area contributed by atoms with E-state index < -0.39 is 0 Å². The number of benzene rings is 2. The zero-order valence-electron chi connectivity index (χ0n) is 10.1. The molecule has 0 bridgehead atoms. The molecule has 3 aromatic rings. The summed E-state index contributed by atoms with van der Waals surface area (Å²) >= 11 is 4.92. The minimum atomic E-state index is -0.272. The predicted octanol–water partition coefficient (Wildman–Crippen LogP) is 5.25. The number of aromatic nitrogens is 1. The molecule has 0 atom stereocenters. The van der Waals surface area contributed by atoms with Crippen LogP contribution in [0, 0.1) is 12.7 Å². The number of fused-ring (bicyclic) bond motifs is 1. The smallest absolute Gasteiger partial charge is 0.188 e. The minimum absolute atomic E-state index is 0.272. The van der Waals surface area contributed by atoms with E-state index in [1.54, 1.807) is 12.1 Å². The van der Waals surface area contributed by atoms with Crippen LogP contribution in [0.3, 0.4) is 0 Å². The third-order valence-electron chi connectivity index (χ3n) is 2.71. The van der Waals surface area contributed by atoms with Crippen LogP contribution < -0.4 is 5.32 Å². The average Bonchev–Trinajstić information content (AvgIpc) is 2.75. The monoisotopic (exact) mass is 336 g/mol. The lowest BCUT2D eigenvalue weighted by Gasteiger charge is -2.04. The standard InChI is InChI=1S/C14H10BrFN2S/c1-8-2-4-10(16)11(6-8)17-14-18-12-7-9(15)3-5-13(12)19-14/h2-7H,1H3,(H,17,18). The van der Waals surface area contributed by atoms with Gasteiger partial charge in [0.25, 0.3) is 0 Å². The fourth-order valence-electron chi connectivity index (χ4n) is 1.80. The van der Waals surface area contributed by atoms with Gasteiger partial charge in [-0.05, 0) is 42.8 Å². The van der Waals surface area contributed by atoms with Crippen molar-refractivity contribution in [3.8, 4) is 0 Å². The first-order chi connectivity index (χ1) is 9.11. The lowest BCUT2D eigenvalue weighted by molar-refractivity contribution is 0.631. The molecule has 0 fully saturated rings. The summed E-state index contributed by atoms with van der Waals surface area (Å²) in [6.07, 6.45) is 0. The van der Waals surface area contributed by atoms with E-state index in [2.05, 4.69) is 26.2 Å². The van der Waals surface area contributed by atoms with Crippen molar-refractivity contribution in [2.75, 3.05) is 5.32 Å². The molecule has 2 nitrogen and oxygen atoms in total. The van der Waals surface area contributed by atoms with Crippen molar-refractivity contribution in [1.82, 2.24) is 4.98 Å². The van der Waals surface area contributed by atoms with Crippen molar-refractivity contribution < 1.29 is 4.39 Å². The summed E-state index contributed by atoms with van der Waals surface area (Å²) < 4.78 is 15.7. The first-order valence-corrected chi connectivity index (χ1v) is 7.32. The van der Waals surface area contributed by atoms with Crippen LogP contribution in [0.4, 0.5) is 15.2 Å². The molecule has 5 heteroatoms. The number of nitrogens with one attached hydrogen (secondary N) is 1. The van der Waals surface area contributed by atoms with E-state index in [0.717, 1.165) is 20.3 Å². The summed E-state index contributed by atoms with van der Waals surface area (Å²) in [5.41, 5.74) is 2.36. The average molecular weight is 337 g/mol. The van der Waals surface area contributed by atoms with Gasteiger partial charge >= 0.3 is 0 Å². The molecule has 0 aliphatic heterocycles. The molecule has 1 heterocycles. The normalized spacial score (nSPS) is 10.9. The van der Waals surface area contributed by atoms with Gasteiger partial charge in [-0.2, -0.15) is 0 Å². The fourth-order valence-corrected chi connectivity index (χ4v) is 3.01. The SMILES string of the molecule is Cc1ccc(F)c(Nc2nc3cc(Br)ccc3s2)c1. The molecule has 0 saturated carbocycles. The van der Waals surface area contributed by atoms with Crippen molar-refractivity contribution in [2.45, 2.75) is 6.92 Å².